The van der Waals surface area contributed by atoms with Crippen LogP contribution in [0.3, 0.4) is 0 Å². The molecule has 9 heteroatoms. The van der Waals surface area contributed by atoms with Crippen LogP contribution in [0.1, 0.15) is 46.8 Å². The summed E-state index contributed by atoms with van der Waals surface area (Å²) in [5, 5.41) is 5.93. The van der Waals surface area contributed by atoms with Crippen LogP contribution in [-0.2, 0) is 22.6 Å². The van der Waals surface area contributed by atoms with Gasteiger partial charge in [-0.25, -0.2) is 9.59 Å². The molecule has 2 amide bonds. The number of hydrogen-bond donors (Lipinski definition) is 2. The molecule has 2 N–H and O–H groups in total. The Morgan fingerprint density at radius 2 is 1.77 bits per heavy atom. The summed E-state index contributed by atoms with van der Waals surface area (Å²) in [6.45, 7) is 3.86. The molecule has 0 saturated carbocycles. The molecule has 1 aliphatic rings. The van der Waals surface area contributed by atoms with Crippen molar-refractivity contribution in [2.75, 3.05) is 17.7 Å². The van der Waals surface area contributed by atoms with E-state index < -0.39 is 12.0 Å². The van der Waals surface area contributed by atoms with Gasteiger partial charge in [0.1, 0.15) is 18.1 Å². The number of cyclic esters (lactones) is 1. The summed E-state index contributed by atoms with van der Waals surface area (Å²) in [6, 6.07) is 15.2. The number of amides is 2. The summed E-state index contributed by atoms with van der Waals surface area (Å²) in [5.74, 6) is 0.198. The molecule has 0 radical (unpaired) electrons. The van der Waals surface area contributed by atoms with E-state index in [1.165, 1.54) is 0 Å². The number of nitrogens with one attached hydrogen (secondary N) is 2. The summed E-state index contributed by atoms with van der Waals surface area (Å²) in [4.78, 5) is 38.0. The van der Waals surface area contributed by atoms with Crippen molar-refractivity contribution in [1.82, 2.24) is 0 Å². The van der Waals surface area contributed by atoms with Crippen molar-refractivity contribution < 1.29 is 28.6 Å². The van der Waals surface area contributed by atoms with E-state index in [1.807, 2.05) is 26.0 Å². The van der Waals surface area contributed by atoms with Crippen LogP contribution in [0.4, 0.5) is 16.2 Å². The normalized spacial score (nSPS) is 12.4. The Hall–Kier alpha value is -4.30. The number of fused-ring (bicyclic) bond motifs is 1. The topological polar surface area (TPSA) is 103 Å². The smallest absolute Gasteiger partial charge is 0.341 e. The minimum Gasteiger partial charge on any atom is -0.496 e. The van der Waals surface area contributed by atoms with Crippen molar-refractivity contribution in [3.05, 3.63) is 93.5 Å². The average Bonchev–Trinajstić information content (AvgIpc) is 3.31. The minimum absolute atomic E-state index is 0.0931. The highest BCUT2D eigenvalue weighted by atomic mass is 35.5. The van der Waals surface area contributed by atoms with Gasteiger partial charge in [-0.3, -0.25) is 4.79 Å². The van der Waals surface area contributed by atoms with E-state index in [2.05, 4.69) is 10.6 Å². The number of esters is 2. The Kier molecular flexibility index (Phi) is 8.88. The van der Waals surface area contributed by atoms with Crippen molar-refractivity contribution in [3.63, 3.8) is 0 Å². The number of benzene rings is 3. The molecule has 0 fully saturated rings. The SMILES string of the molecule is COc1c(C)c2c(c(NC(=O)Nc3ccccc3Cl)c1C/C=C(\C)CCC(=O)Oc1ccccc1)C(=O)OC2. The third-order valence-corrected chi connectivity index (χ3v) is 6.72. The lowest BCUT2D eigenvalue weighted by atomic mass is 9.93. The predicted molar refractivity (Wildman–Crippen MR) is 150 cm³/mol. The number of carbonyl (C=O) groups excluding carboxylic acids is 3. The summed E-state index contributed by atoms with van der Waals surface area (Å²) >= 11 is 6.19. The monoisotopic (exact) mass is 548 g/mol. The molecular formula is C30H29ClN2O6. The highest BCUT2D eigenvalue weighted by Crippen LogP contribution is 2.41. The van der Waals surface area contributed by atoms with E-state index in [0.717, 1.165) is 11.1 Å². The largest absolute Gasteiger partial charge is 0.496 e. The van der Waals surface area contributed by atoms with Crippen LogP contribution in [0.15, 0.2) is 66.2 Å². The van der Waals surface area contributed by atoms with Gasteiger partial charge in [0, 0.05) is 17.5 Å². The molecule has 3 aromatic carbocycles. The zero-order valence-corrected chi connectivity index (χ0v) is 22.7. The average molecular weight is 549 g/mol. The summed E-state index contributed by atoms with van der Waals surface area (Å²) in [7, 11) is 1.54. The lowest BCUT2D eigenvalue weighted by molar-refractivity contribution is -0.134. The van der Waals surface area contributed by atoms with Crippen molar-refractivity contribution in [3.8, 4) is 11.5 Å². The lowest BCUT2D eigenvalue weighted by Gasteiger charge is -2.20. The van der Waals surface area contributed by atoms with Crippen LogP contribution in [0.2, 0.25) is 5.02 Å². The summed E-state index contributed by atoms with van der Waals surface area (Å²) in [6.07, 6.45) is 2.97. The molecular weight excluding hydrogens is 520 g/mol. The molecule has 1 aliphatic heterocycles. The molecule has 202 valence electrons. The molecule has 0 atom stereocenters. The van der Waals surface area contributed by atoms with Gasteiger partial charge in [-0.2, -0.15) is 0 Å². The van der Waals surface area contributed by atoms with Gasteiger partial charge in [0.05, 0.1) is 29.1 Å². The van der Waals surface area contributed by atoms with Crippen molar-refractivity contribution in [2.45, 2.75) is 39.7 Å². The zero-order chi connectivity index (χ0) is 27.9. The Labute approximate surface area is 231 Å². The van der Waals surface area contributed by atoms with Crippen LogP contribution < -0.4 is 20.1 Å². The third-order valence-electron chi connectivity index (χ3n) is 6.39. The standard InChI is InChI=1S/C30H29ClN2O6/c1-18(14-16-25(34)39-20-9-5-4-6-10-20)13-15-21-27(33-30(36)32-24-12-8-7-11-23(24)31)26-22(17-38-29(26)35)19(2)28(21)37-3/h4-13H,14-17H2,1-3H3,(H2,32,33,36)/b18-13+. The van der Waals surface area contributed by atoms with Crippen LogP contribution in [0.5, 0.6) is 11.5 Å². The van der Waals surface area contributed by atoms with E-state index in [1.54, 1.807) is 55.6 Å². The number of halogens is 1. The molecule has 3 aromatic rings. The van der Waals surface area contributed by atoms with Gasteiger partial charge < -0.3 is 24.8 Å². The van der Waals surface area contributed by atoms with Gasteiger partial charge in [-0.15, -0.1) is 0 Å². The van der Waals surface area contributed by atoms with Gasteiger partial charge >= 0.3 is 18.0 Å². The fourth-order valence-corrected chi connectivity index (χ4v) is 4.55. The number of ether oxygens (including phenoxy) is 3. The van der Waals surface area contributed by atoms with Crippen molar-refractivity contribution in [1.29, 1.82) is 0 Å². The van der Waals surface area contributed by atoms with Gasteiger partial charge in [0.2, 0.25) is 0 Å². The second kappa shape index (κ2) is 12.5. The number of methoxy groups -OCH3 is 1. The molecule has 0 spiro atoms. The Balaban J connectivity index is 1.57. The number of urea groups is 1. The van der Waals surface area contributed by atoms with Crippen molar-refractivity contribution >= 4 is 40.9 Å². The maximum atomic E-state index is 13.0. The third kappa shape index (κ3) is 6.59. The van der Waals surface area contributed by atoms with Crippen LogP contribution >= 0.6 is 11.6 Å². The maximum absolute atomic E-state index is 13.0. The fourth-order valence-electron chi connectivity index (χ4n) is 4.37. The second-order valence-electron chi connectivity index (χ2n) is 9.04. The van der Waals surface area contributed by atoms with E-state index in [4.69, 9.17) is 25.8 Å². The van der Waals surface area contributed by atoms with Crippen molar-refractivity contribution in [2.24, 2.45) is 0 Å². The fraction of sp³-hybridized carbons (Fsp3) is 0.233. The Morgan fingerprint density at radius 3 is 2.49 bits per heavy atom. The molecule has 8 nitrogen and oxygen atoms in total. The van der Waals surface area contributed by atoms with Gasteiger partial charge in [0.25, 0.3) is 0 Å². The Morgan fingerprint density at radius 1 is 1.05 bits per heavy atom. The molecule has 4 rings (SSSR count). The molecule has 0 aromatic heterocycles. The highest BCUT2D eigenvalue weighted by Gasteiger charge is 2.32. The predicted octanol–water partition coefficient (Wildman–Crippen LogP) is 6.85. The number of allylic oxidation sites excluding steroid dienone is 2. The molecule has 0 aliphatic carbocycles. The van der Waals surface area contributed by atoms with Gasteiger partial charge in [-0.1, -0.05) is 53.6 Å². The van der Waals surface area contributed by atoms with Crippen LogP contribution in [0, 0.1) is 6.92 Å². The summed E-state index contributed by atoms with van der Waals surface area (Å²) < 4.78 is 16.4. The summed E-state index contributed by atoms with van der Waals surface area (Å²) in [5.41, 5.74) is 4.03. The van der Waals surface area contributed by atoms with Gasteiger partial charge in [0.15, 0.2) is 0 Å². The first-order valence-corrected chi connectivity index (χ1v) is 12.8. The molecule has 0 unspecified atom stereocenters. The first-order chi connectivity index (χ1) is 18.8. The van der Waals surface area contributed by atoms with Crippen LogP contribution in [-0.4, -0.2) is 25.1 Å². The quantitative estimate of drug-likeness (QED) is 0.172. The van der Waals surface area contributed by atoms with E-state index in [0.29, 0.717) is 57.4 Å². The Bertz CT molecular complexity index is 1440. The maximum Gasteiger partial charge on any atom is 0.341 e. The number of hydrogen-bond acceptors (Lipinski definition) is 6. The first-order valence-electron chi connectivity index (χ1n) is 12.4. The number of carbonyl (C=O) groups is 3. The number of anilines is 2. The first kappa shape index (κ1) is 27.7. The number of para-hydroxylation sites is 2. The molecule has 39 heavy (non-hydrogen) atoms. The molecule has 0 bridgehead atoms. The van der Waals surface area contributed by atoms with E-state index >= 15 is 0 Å². The van der Waals surface area contributed by atoms with E-state index in [9.17, 15) is 14.4 Å². The van der Waals surface area contributed by atoms with E-state index in [-0.39, 0.29) is 19.0 Å². The molecule has 1 heterocycles. The minimum atomic E-state index is -0.568. The number of rotatable bonds is 9. The zero-order valence-electron chi connectivity index (χ0n) is 21.9. The lowest BCUT2D eigenvalue weighted by Crippen LogP contribution is -2.22. The second-order valence-corrected chi connectivity index (χ2v) is 9.45. The van der Waals surface area contributed by atoms with Gasteiger partial charge in [-0.05, 0) is 56.5 Å². The molecule has 0 saturated heterocycles. The van der Waals surface area contributed by atoms with Crippen LogP contribution in [0.25, 0.3) is 0 Å². The highest BCUT2D eigenvalue weighted by molar-refractivity contribution is 6.33.